The van der Waals surface area contributed by atoms with Crippen LogP contribution in [0.15, 0.2) is 0 Å². The fourth-order valence-corrected chi connectivity index (χ4v) is 1.10. The van der Waals surface area contributed by atoms with Crippen LogP contribution in [0.4, 0.5) is 4.39 Å². The average Bonchev–Trinajstić information content (AvgIpc) is 2.35. The van der Waals surface area contributed by atoms with E-state index in [1.54, 1.807) is 0 Å². The Morgan fingerprint density at radius 2 is 1.78 bits per heavy atom. The Hall–Kier alpha value is 0.140. The van der Waals surface area contributed by atoms with E-state index in [-0.39, 0.29) is 6.42 Å². The molecule has 2 nitrogen and oxygen atoms in total. The zero-order valence-corrected chi connectivity index (χ0v) is 6.04. The second kappa shape index (κ2) is 1.81. The standard InChI is InChI=1S/C5H8ClFO2/c1-8-5(9-2)3-4(5,6)7/h3H2,1-2H3. The summed E-state index contributed by atoms with van der Waals surface area (Å²) in [7, 11) is 2.74. The first-order chi connectivity index (χ1) is 4.08. The number of ether oxygens (including phenoxy) is 2. The first-order valence-corrected chi connectivity index (χ1v) is 2.94. The number of halogens is 2. The molecular formula is C5H8ClFO2. The van der Waals surface area contributed by atoms with Crippen LogP contribution >= 0.6 is 11.6 Å². The van der Waals surface area contributed by atoms with E-state index in [4.69, 9.17) is 11.6 Å². The molecule has 0 heterocycles. The Labute approximate surface area is 57.9 Å². The molecule has 1 aliphatic carbocycles. The van der Waals surface area contributed by atoms with E-state index in [0.717, 1.165) is 0 Å². The van der Waals surface area contributed by atoms with Gasteiger partial charge < -0.3 is 9.47 Å². The summed E-state index contributed by atoms with van der Waals surface area (Å²) < 4.78 is 22.0. The van der Waals surface area contributed by atoms with Gasteiger partial charge in [-0.05, 0) is 0 Å². The summed E-state index contributed by atoms with van der Waals surface area (Å²) in [6.45, 7) is 0. The second-order valence-corrected chi connectivity index (χ2v) is 2.64. The van der Waals surface area contributed by atoms with E-state index < -0.39 is 10.9 Å². The molecule has 0 bridgehead atoms. The molecule has 1 rings (SSSR count). The van der Waals surface area contributed by atoms with E-state index in [9.17, 15) is 4.39 Å². The van der Waals surface area contributed by atoms with Gasteiger partial charge in [-0.25, -0.2) is 4.39 Å². The maximum absolute atomic E-state index is 12.6. The lowest BCUT2D eigenvalue weighted by molar-refractivity contribution is -0.147. The molecule has 0 radical (unpaired) electrons. The third-order valence-electron chi connectivity index (χ3n) is 1.55. The van der Waals surface area contributed by atoms with Gasteiger partial charge in [0, 0.05) is 14.2 Å². The normalized spacial score (nSPS) is 38.7. The molecule has 0 aromatic carbocycles. The van der Waals surface area contributed by atoms with Gasteiger partial charge >= 0.3 is 0 Å². The van der Waals surface area contributed by atoms with E-state index in [1.165, 1.54) is 14.2 Å². The van der Waals surface area contributed by atoms with Gasteiger partial charge in [0.05, 0.1) is 6.42 Å². The predicted molar refractivity (Wildman–Crippen MR) is 31.1 cm³/mol. The van der Waals surface area contributed by atoms with Crippen LogP contribution in [0, 0.1) is 0 Å². The van der Waals surface area contributed by atoms with Crippen LogP contribution < -0.4 is 0 Å². The molecule has 0 N–H and O–H groups in total. The lowest BCUT2D eigenvalue weighted by Gasteiger charge is -2.11. The van der Waals surface area contributed by atoms with Gasteiger partial charge in [-0.15, -0.1) is 0 Å². The zero-order valence-electron chi connectivity index (χ0n) is 5.28. The van der Waals surface area contributed by atoms with Gasteiger partial charge in [-0.3, -0.25) is 0 Å². The average molecular weight is 155 g/mol. The van der Waals surface area contributed by atoms with Crippen molar-refractivity contribution >= 4 is 11.6 Å². The lowest BCUT2D eigenvalue weighted by atomic mass is 10.7. The predicted octanol–water partition coefficient (Wildman–Crippen LogP) is 1.28. The summed E-state index contributed by atoms with van der Waals surface area (Å²) in [6, 6.07) is 0. The second-order valence-electron chi connectivity index (χ2n) is 2.04. The molecule has 0 saturated heterocycles. The number of alkyl halides is 2. The summed E-state index contributed by atoms with van der Waals surface area (Å²) in [4.78, 5) is 0. The monoisotopic (exact) mass is 154 g/mol. The van der Waals surface area contributed by atoms with Crippen LogP contribution in [0.25, 0.3) is 0 Å². The molecule has 0 amide bonds. The van der Waals surface area contributed by atoms with Crippen LogP contribution in [0.3, 0.4) is 0 Å². The molecule has 1 saturated carbocycles. The Morgan fingerprint density at radius 1 is 1.44 bits per heavy atom. The minimum atomic E-state index is -1.81. The topological polar surface area (TPSA) is 18.5 Å². The van der Waals surface area contributed by atoms with Gasteiger partial charge in [0.25, 0.3) is 0 Å². The van der Waals surface area contributed by atoms with Crippen molar-refractivity contribution in [1.29, 1.82) is 0 Å². The molecule has 9 heavy (non-hydrogen) atoms. The number of hydrogen-bond acceptors (Lipinski definition) is 2. The lowest BCUT2D eigenvalue weighted by Crippen LogP contribution is -2.22. The molecule has 1 atom stereocenters. The van der Waals surface area contributed by atoms with Gasteiger partial charge in [0.2, 0.25) is 10.9 Å². The molecule has 0 aromatic rings. The number of rotatable bonds is 2. The van der Waals surface area contributed by atoms with Crippen molar-refractivity contribution in [3.63, 3.8) is 0 Å². The molecule has 1 unspecified atom stereocenters. The van der Waals surface area contributed by atoms with Crippen LogP contribution in [0.5, 0.6) is 0 Å². The largest absolute Gasteiger partial charge is 0.349 e. The molecule has 1 aliphatic rings. The van der Waals surface area contributed by atoms with Crippen molar-refractivity contribution in [1.82, 2.24) is 0 Å². The van der Waals surface area contributed by atoms with Crippen LogP contribution in [0.2, 0.25) is 0 Å². The molecule has 1 fully saturated rings. The van der Waals surface area contributed by atoms with Gasteiger partial charge in [0.15, 0.2) is 0 Å². The highest BCUT2D eigenvalue weighted by Crippen LogP contribution is 2.57. The minimum absolute atomic E-state index is 0.106. The summed E-state index contributed by atoms with van der Waals surface area (Å²) in [5.74, 6) is -1.17. The Kier molecular flexibility index (Phi) is 1.46. The highest BCUT2D eigenvalue weighted by Gasteiger charge is 2.71. The van der Waals surface area contributed by atoms with Crippen molar-refractivity contribution in [2.75, 3.05) is 14.2 Å². The smallest absolute Gasteiger partial charge is 0.242 e. The molecule has 4 heteroatoms. The van der Waals surface area contributed by atoms with E-state index in [1.807, 2.05) is 0 Å². The summed E-state index contributed by atoms with van der Waals surface area (Å²) >= 11 is 5.25. The van der Waals surface area contributed by atoms with Crippen molar-refractivity contribution < 1.29 is 13.9 Å². The molecule has 0 aromatic heterocycles. The van der Waals surface area contributed by atoms with Crippen LogP contribution in [-0.2, 0) is 9.47 Å². The van der Waals surface area contributed by atoms with E-state index in [2.05, 4.69) is 9.47 Å². The summed E-state index contributed by atoms with van der Waals surface area (Å²) in [5, 5.41) is -1.81. The molecule has 0 spiro atoms. The highest BCUT2D eigenvalue weighted by atomic mass is 35.5. The van der Waals surface area contributed by atoms with E-state index >= 15 is 0 Å². The van der Waals surface area contributed by atoms with Crippen LogP contribution in [-0.4, -0.2) is 25.1 Å². The van der Waals surface area contributed by atoms with Crippen molar-refractivity contribution in [2.24, 2.45) is 0 Å². The highest BCUT2D eigenvalue weighted by molar-refractivity contribution is 6.25. The molecule has 0 aliphatic heterocycles. The van der Waals surface area contributed by atoms with Crippen molar-refractivity contribution in [3.8, 4) is 0 Å². The van der Waals surface area contributed by atoms with Crippen molar-refractivity contribution in [2.45, 2.75) is 17.3 Å². The summed E-state index contributed by atoms with van der Waals surface area (Å²) in [6.07, 6.45) is 0.106. The third kappa shape index (κ3) is 0.838. The third-order valence-corrected chi connectivity index (χ3v) is 1.97. The molecular weight excluding hydrogens is 147 g/mol. The first kappa shape index (κ1) is 7.25. The molecule has 54 valence electrons. The van der Waals surface area contributed by atoms with Crippen LogP contribution in [0.1, 0.15) is 6.42 Å². The van der Waals surface area contributed by atoms with Gasteiger partial charge in [-0.1, -0.05) is 11.6 Å². The summed E-state index contributed by atoms with van der Waals surface area (Å²) in [5.41, 5.74) is 0. The quantitative estimate of drug-likeness (QED) is 0.441. The maximum atomic E-state index is 12.6. The zero-order chi connectivity index (χ0) is 7.12. The van der Waals surface area contributed by atoms with Crippen molar-refractivity contribution in [3.05, 3.63) is 0 Å². The Bertz CT molecular complexity index is 122. The van der Waals surface area contributed by atoms with Gasteiger partial charge in [0.1, 0.15) is 0 Å². The first-order valence-electron chi connectivity index (χ1n) is 2.56. The Morgan fingerprint density at radius 3 is 1.78 bits per heavy atom. The SMILES string of the molecule is COC1(OC)CC1(F)Cl. The minimum Gasteiger partial charge on any atom is -0.349 e. The number of hydrogen-bond donors (Lipinski definition) is 0. The van der Waals surface area contributed by atoms with Gasteiger partial charge in [-0.2, -0.15) is 0 Å². The Balaban J connectivity index is 2.57. The number of methoxy groups -OCH3 is 2. The fourth-order valence-electron chi connectivity index (χ4n) is 0.774. The fraction of sp³-hybridized carbons (Fsp3) is 1.00. The maximum Gasteiger partial charge on any atom is 0.242 e. The van der Waals surface area contributed by atoms with E-state index in [0.29, 0.717) is 0 Å².